The van der Waals surface area contributed by atoms with Gasteiger partial charge in [-0.1, -0.05) is 15.9 Å². The summed E-state index contributed by atoms with van der Waals surface area (Å²) in [6.07, 6.45) is 0. The molecule has 18 heavy (non-hydrogen) atoms. The lowest BCUT2D eigenvalue weighted by Crippen LogP contribution is -1.86. The monoisotopic (exact) mass is 318 g/mol. The highest BCUT2D eigenvalue weighted by Gasteiger charge is 2.06. The molecule has 4 heteroatoms. The van der Waals surface area contributed by atoms with Gasteiger partial charge in [0.1, 0.15) is 5.01 Å². The van der Waals surface area contributed by atoms with Crippen molar-refractivity contribution in [3.8, 4) is 10.6 Å². The molecular formula is C14H11BrN2S. The van der Waals surface area contributed by atoms with Gasteiger partial charge in [-0.05, 0) is 42.5 Å². The molecule has 0 unspecified atom stereocenters. The van der Waals surface area contributed by atoms with E-state index in [1.54, 1.807) is 11.3 Å². The Bertz CT molecular complexity index is 689. The molecule has 0 aliphatic carbocycles. The Morgan fingerprint density at radius 1 is 1.11 bits per heavy atom. The Labute approximate surface area is 118 Å². The van der Waals surface area contributed by atoms with Gasteiger partial charge in [-0.25, -0.2) is 4.98 Å². The lowest BCUT2D eigenvalue weighted by Gasteiger charge is -2.00. The largest absolute Gasteiger partial charge is 0.388 e. The maximum atomic E-state index is 4.67. The average molecular weight is 319 g/mol. The molecular weight excluding hydrogens is 308 g/mol. The Balaban J connectivity index is 2.07. The molecule has 0 saturated carbocycles. The van der Waals surface area contributed by atoms with Gasteiger partial charge in [0, 0.05) is 22.8 Å². The molecule has 1 heterocycles. The van der Waals surface area contributed by atoms with Crippen molar-refractivity contribution in [3.05, 3.63) is 46.9 Å². The maximum absolute atomic E-state index is 4.67. The minimum absolute atomic E-state index is 1.04. The molecule has 0 aliphatic heterocycles. The lowest BCUT2D eigenvalue weighted by molar-refractivity contribution is 1.46. The molecule has 2 nitrogen and oxygen atoms in total. The van der Waals surface area contributed by atoms with Crippen molar-refractivity contribution in [1.82, 2.24) is 4.98 Å². The van der Waals surface area contributed by atoms with Gasteiger partial charge in [0.15, 0.2) is 0 Å². The fourth-order valence-corrected chi connectivity index (χ4v) is 3.10. The first-order valence-corrected chi connectivity index (χ1v) is 7.21. The maximum Gasteiger partial charge on any atom is 0.124 e. The van der Waals surface area contributed by atoms with E-state index in [4.69, 9.17) is 0 Å². The fraction of sp³-hybridized carbons (Fsp3) is 0.0714. The van der Waals surface area contributed by atoms with E-state index >= 15 is 0 Å². The number of halogens is 1. The van der Waals surface area contributed by atoms with Crippen molar-refractivity contribution in [2.45, 2.75) is 0 Å². The standard InChI is InChI=1S/C14H11BrN2S/c1-16-11-5-2-9(3-6-11)14-17-12-8-10(15)4-7-13(12)18-14/h2-8,16H,1H3. The minimum Gasteiger partial charge on any atom is -0.388 e. The second-order valence-corrected chi connectivity index (χ2v) is 5.90. The van der Waals surface area contributed by atoms with E-state index < -0.39 is 0 Å². The molecule has 3 aromatic rings. The van der Waals surface area contributed by atoms with E-state index in [1.807, 2.05) is 13.1 Å². The number of nitrogens with one attached hydrogen (secondary N) is 1. The van der Waals surface area contributed by atoms with Gasteiger partial charge in [0.05, 0.1) is 10.2 Å². The highest BCUT2D eigenvalue weighted by molar-refractivity contribution is 9.10. The molecule has 0 bridgehead atoms. The quantitative estimate of drug-likeness (QED) is 0.736. The summed E-state index contributed by atoms with van der Waals surface area (Å²) in [5.41, 5.74) is 3.32. The molecule has 1 aromatic heterocycles. The zero-order chi connectivity index (χ0) is 12.5. The van der Waals surface area contributed by atoms with Gasteiger partial charge < -0.3 is 5.32 Å². The summed E-state index contributed by atoms with van der Waals surface area (Å²) in [6.45, 7) is 0. The molecule has 0 radical (unpaired) electrons. The van der Waals surface area contributed by atoms with Crippen LogP contribution in [0.3, 0.4) is 0 Å². The van der Waals surface area contributed by atoms with Gasteiger partial charge in [-0.15, -0.1) is 11.3 Å². The van der Waals surface area contributed by atoms with E-state index in [9.17, 15) is 0 Å². The highest BCUT2D eigenvalue weighted by atomic mass is 79.9. The van der Waals surface area contributed by atoms with Crippen LogP contribution < -0.4 is 5.32 Å². The fourth-order valence-electron chi connectivity index (χ4n) is 1.80. The Morgan fingerprint density at radius 2 is 1.89 bits per heavy atom. The summed E-state index contributed by atoms with van der Waals surface area (Å²) < 4.78 is 2.28. The molecule has 90 valence electrons. The molecule has 1 N–H and O–H groups in total. The van der Waals surface area contributed by atoms with E-state index in [1.165, 1.54) is 4.70 Å². The van der Waals surface area contributed by atoms with Crippen LogP contribution in [0.4, 0.5) is 5.69 Å². The molecule has 0 atom stereocenters. The normalized spacial score (nSPS) is 10.8. The van der Waals surface area contributed by atoms with Crippen LogP contribution in [-0.2, 0) is 0 Å². The third-order valence-corrected chi connectivity index (χ3v) is 4.35. The topological polar surface area (TPSA) is 24.9 Å². The Kier molecular flexibility index (Phi) is 3.06. The first kappa shape index (κ1) is 11.7. The minimum atomic E-state index is 1.04. The zero-order valence-corrected chi connectivity index (χ0v) is 12.2. The van der Waals surface area contributed by atoms with Crippen LogP contribution in [0.25, 0.3) is 20.8 Å². The van der Waals surface area contributed by atoms with Crippen LogP contribution in [-0.4, -0.2) is 12.0 Å². The summed E-state index contributed by atoms with van der Waals surface area (Å²) in [4.78, 5) is 4.67. The second-order valence-electron chi connectivity index (χ2n) is 3.96. The SMILES string of the molecule is CNc1ccc(-c2nc3cc(Br)ccc3s2)cc1. The number of hydrogen-bond acceptors (Lipinski definition) is 3. The van der Waals surface area contributed by atoms with Crippen LogP contribution in [0, 0.1) is 0 Å². The Hall–Kier alpha value is -1.39. The van der Waals surface area contributed by atoms with Crippen LogP contribution in [0.5, 0.6) is 0 Å². The molecule has 0 amide bonds. The van der Waals surface area contributed by atoms with Gasteiger partial charge in [0.2, 0.25) is 0 Å². The summed E-state index contributed by atoms with van der Waals surface area (Å²) >= 11 is 5.19. The molecule has 2 aromatic carbocycles. The van der Waals surface area contributed by atoms with Crippen LogP contribution in [0.1, 0.15) is 0 Å². The summed E-state index contributed by atoms with van der Waals surface area (Å²) in [5, 5.41) is 4.18. The van der Waals surface area contributed by atoms with Crippen molar-refractivity contribution < 1.29 is 0 Å². The molecule has 0 fully saturated rings. The average Bonchev–Trinajstić information content (AvgIpc) is 2.81. The van der Waals surface area contributed by atoms with Crippen LogP contribution in [0.2, 0.25) is 0 Å². The number of nitrogens with zero attached hydrogens (tertiary/aromatic N) is 1. The van der Waals surface area contributed by atoms with Crippen LogP contribution in [0.15, 0.2) is 46.9 Å². The lowest BCUT2D eigenvalue weighted by atomic mass is 10.2. The molecule has 0 spiro atoms. The van der Waals surface area contributed by atoms with E-state index in [2.05, 4.69) is 62.6 Å². The molecule has 0 saturated heterocycles. The second kappa shape index (κ2) is 4.71. The molecule has 0 aliphatic rings. The highest BCUT2D eigenvalue weighted by Crippen LogP contribution is 2.31. The number of thiazole rings is 1. The van der Waals surface area contributed by atoms with E-state index in [-0.39, 0.29) is 0 Å². The van der Waals surface area contributed by atoms with Gasteiger partial charge in [-0.3, -0.25) is 0 Å². The third-order valence-electron chi connectivity index (χ3n) is 2.77. The smallest absolute Gasteiger partial charge is 0.124 e. The summed E-state index contributed by atoms with van der Waals surface area (Å²) in [6, 6.07) is 14.5. The number of anilines is 1. The number of rotatable bonds is 2. The number of aromatic nitrogens is 1. The van der Waals surface area contributed by atoms with E-state index in [0.29, 0.717) is 0 Å². The van der Waals surface area contributed by atoms with Crippen LogP contribution >= 0.6 is 27.3 Å². The summed E-state index contributed by atoms with van der Waals surface area (Å²) in [5.74, 6) is 0. The Morgan fingerprint density at radius 3 is 2.61 bits per heavy atom. The molecule has 3 rings (SSSR count). The number of benzene rings is 2. The summed E-state index contributed by atoms with van der Waals surface area (Å²) in [7, 11) is 1.92. The van der Waals surface area contributed by atoms with Crippen molar-refractivity contribution in [1.29, 1.82) is 0 Å². The van der Waals surface area contributed by atoms with Crippen molar-refractivity contribution >= 4 is 43.2 Å². The number of fused-ring (bicyclic) bond motifs is 1. The zero-order valence-electron chi connectivity index (χ0n) is 9.77. The van der Waals surface area contributed by atoms with Crippen molar-refractivity contribution in [2.24, 2.45) is 0 Å². The van der Waals surface area contributed by atoms with Gasteiger partial charge >= 0.3 is 0 Å². The predicted molar refractivity (Wildman–Crippen MR) is 82.3 cm³/mol. The van der Waals surface area contributed by atoms with Crippen molar-refractivity contribution in [2.75, 3.05) is 12.4 Å². The first-order valence-electron chi connectivity index (χ1n) is 5.60. The number of hydrogen-bond donors (Lipinski definition) is 1. The van der Waals surface area contributed by atoms with Gasteiger partial charge in [0.25, 0.3) is 0 Å². The van der Waals surface area contributed by atoms with Gasteiger partial charge in [-0.2, -0.15) is 0 Å². The first-order chi connectivity index (χ1) is 8.76. The predicted octanol–water partition coefficient (Wildman–Crippen LogP) is 4.77. The van der Waals surface area contributed by atoms with E-state index in [0.717, 1.165) is 26.2 Å². The van der Waals surface area contributed by atoms with Crippen molar-refractivity contribution in [3.63, 3.8) is 0 Å². The third kappa shape index (κ3) is 2.13.